The van der Waals surface area contributed by atoms with Gasteiger partial charge in [0.05, 0.1) is 37.2 Å². The number of methoxy groups -OCH3 is 1. The second kappa shape index (κ2) is 10.5. The Morgan fingerprint density at radius 1 is 1.05 bits per heavy atom. The first-order chi connectivity index (χ1) is 18.2. The SMILES string of the molecule is COCCOC1CCC(Nc2ncc3c(-c4ccc5ncc(C(=O)N6CCCC6)n5c4)ccn3n2)CC1. The molecule has 194 valence electrons. The number of rotatable bonds is 8. The summed E-state index contributed by atoms with van der Waals surface area (Å²) in [5.41, 5.74) is 4.27. The summed E-state index contributed by atoms with van der Waals surface area (Å²) in [7, 11) is 1.70. The van der Waals surface area contributed by atoms with Crippen molar-refractivity contribution in [2.75, 3.05) is 38.7 Å². The molecule has 1 aliphatic heterocycles. The average molecular weight is 504 g/mol. The quantitative estimate of drug-likeness (QED) is 0.366. The molecule has 4 aromatic heterocycles. The summed E-state index contributed by atoms with van der Waals surface area (Å²) in [5, 5.41) is 8.21. The normalized spacial score (nSPS) is 20.2. The highest BCUT2D eigenvalue weighted by atomic mass is 16.5. The molecular weight excluding hydrogens is 470 g/mol. The van der Waals surface area contributed by atoms with Crippen molar-refractivity contribution in [1.82, 2.24) is 28.9 Å². The zero-order valence-electron chi connectivity index (χ0n) is 21.2. The van der Waals surface area contributed by atoms with Gasteiger partial charge in [0.1, 0.15) is 11.3 Å². The number of fused-ring (bicyclic) bond motifs is 2. The lowest BCUT2D eigenvalue weighted by Gasteiger charge is -2.29. The fraction of sp³-hybridized carbons (Fsp3) is 0.481. The number of imidazole rings is 1. The zero-order chi connectivity index (χ0) is 25.2. The van der Waals surface area contributed by atoms with Crippen LogP contribution < -0.4 is 5.32 Å². The van der Waals surface area contributed by atoms with E-state index in [4.69, 9.17) is 14.6 Å². The molecule has 37 heavy (non-hydrogen) atoms. The van der Waals surface area contributed by atoms with Crippen molar-refractivity contribution in [3.8, 4) is 11.1 Å². The number of aromatic nitrogens is 5. The molecule has 1 aliphatic carbocycles. The first kappa shape index (κ1) is 23.9. The number of ether oxygens (including phenoxy) is 2. The largest absolute Gasteiger partial charge is 0.382 e. The molecule has 0 atom stereocenters. The molecule has 2 fully saturated rings. The molecule has 6 rings (SSSR count). The number of likely N-dealkylation sites (tertiary alicyclic amines) is 1. The maximum atomic E-state index is 13.0. The maximum absolute atomic E-state index is 13.0. The number of pyridine rings is 1. The predicted molar refractivity (Wildman–Crippen MR) is 140 cm³/mol. The first-order valence-electron chi connectivity index (χ1n) is 13.2. The third-order valence-electron chi connectivity index (χ3n) is 7.49. The molecule has 1 amide bonds. The molecule has 10 nitrogen and oxygen atoms in total. The van der Waals surface area contributed by atoms with Gasteiger partial charge < -0.3 is 19.7 Å². The van der Waals surface area contributed by atoms with Crippen molar-refractivity contribution in [3.63, 3.8) is 0 Å². The van der Waals surface area contributed by atoms with Gasteiger partial charge in [-0.15, -0.1) is 5.10 Å². The van der Waals surface area contributed by atoms with Crippen LogP contribution in [-0.2, 0) is 9.47 Å². The third-order valence-corrected chi connectivity index (χ3v) is 7.49. The van der Waals surface area contributed by atoms with E-state index in [1.54, 1.807) is 13.3 Å². The molecule has 1 N–H and O–H groups in total. The number of amides is 1. The molecule has 2 aliphatic rings. The monoisotopic (exact) mass is 503 g/mol. The predicted octanol–water partition coefficient (Wildman–Crippen LogP) is 3.67. The van der Waals surface area contributed by atoms with Crippen LogP contribution in [0.1, 0.15) is 49.0 Å². The summed E-state index contributed by atoms with van der Waals surface area (Å²) in [4.78, 5) is 24.0. The average Bonchev–Trinajstić information content (AvgIpc) is 3.69. The summed E-state index contributed by atoms with van der Waals surface area (Å²) in [6.07, 6.45) is 14.0. The zero-order valence-corrected chi connectivity index (χ0v) is 21.2. The number of nitrogens with one attached hydrogen (secondary N) is 1. The lowest BCUT2D eigenvalue weighted by atomic mass is 9.93. The van der Waals surface area contributed by atoms with Crippen LogP contribution in [0.3, 0.4) is 0 Å². The van der Waals surface area contributed by atoms with E-state index in [0.29, 0.717) is 37.0 Å². The molecule has 1 saturated carbocycles. The molecule has 0 spiro atoms. The summed E-state index contributed by atoms with van der Waals surface area (Å²) in [5.74, 6) is 0.667. The number of carbonyl (C=O) groups is 1. The van der Waals surface area contributed by atoms with E-state index in [1.807, 2.05) is 50.6 Å². The standard InChI is InChI=1S/C27H33N7O3/c1-36-14-15-37-21-7-5-20(6-8-21)30-27-29-16-23-22(10-13-34(23)31-27)19-4-9-25-28-17-24(33(25)18-19)26(35)32-11-2-3-12-32/h4,9-10,13,16-18,20-21H,2-3,5-8,11-12,14-15H2,1H3,(H,30,31). The van der Waals surface area contributed by atoms with Crippen LogP contribution in [0.15, 0.2) is 43.0 Å². The fourth-order valence-electron chi connectivity index (χ4n) is 5.45. The molecule has 10 heteroatoms. The summed E-state index contributed by atoms with van der Waals surface area (Å²) in [6.45, 7) is 2.91. The number of hydrogen-bond donors (Lipinski definition) is 1. The number of anilines is 1. The number of carbonyl (C=O) groups excluding carboxylic acids is 1. The Morgan fingerprint density at radius 2 is 1.89 bits per heavy atom. The van der Waals surface area contributed by atoms with Crippen LogP contribution >= 0.6 is 0 Å². The Bertz CT molecular complexity index is 1380. The van der Waals surface area contributed by atoms with E-state index in [0.717, 1.165) is 73.9 Å². The van der Waals surface area contributed by atoms with Crippen molar-refractivity contribution in [2.24, 2.45) is 0 Å². The smallest absolute Gasteiger partial charge is 0.272 e. The number of nitrogens with zero attached hydrogens (tertiary/aromatic N) is 6. The van der Waals surface area contributed by atoms with E-state index in [1.165, 1.54) is 0 Å². The van der Waals surface area contributed by atoms with Gasteiger partial charge in [0.15, 0.2) is 0 Å². The summed E-state index contributed by atoms with van der Waals surface area (Å²) < 4.78 is 14.7. The topological polar surface area (TPSA) is 98.3 Å². The van der Waals surface area contributed by atoms with Gasteiger partial charge in [-0.2, -0.15) is 0 Å². The van der Waals surface area contributed by atoms with Crippen LogP contribution in [-0.4, -0.2) is 80.3 Å². The molecule has 0 unspecified atom stereocenters. The Morgan fingerprint density at radius 3 is 2.70 bits per heavy atom. The van der Waals surface area contributed by atoms with Crippen molar-refractivity contribution in [2.45, 2.75) is 50.7 Å². The van der Waals surface area contributed by atoms with Crippen molar-refractivity contribution >= 4 is 23.0 Å². The van der Waals surface area contributed by atoms with Gasteiger partial charge in [-0.25, -0.2) is 14.5 Å². The minimum absolute atomic E-state index is 0.0403. The Kier molecular flexibility index (Phi) is 6.75. The number of hydrogen-bond acceptors (Lipinski definition) is 7. The van der Waals surface area contributed by atoms with Crippen LogP contribution in [0.4, 0.5) is 5.95 Å². The molecular formula is C27H33N7O3. The van der Waals surface area contributed by atoms with Gasteiger partial charge in [-0.05, 0) is 56.7 Å². The second-order valence-electron chi connectivity index (χ2n) is 9.91. The van der Waals surface area contributed by atoms with E-state index in [2.05, 4.69) is 15.3 Å². The first-order valence-corrected chi connectivity index (χ1v) is 13.2. The minimum atomic E-state index is 0.0403. The van der Waals surface area contributed by atoms with E-state index in [9.17, 15) is 4.79 Å². The van der Waals surface area contributed by atoms with Gasteiger partial charge in [-0.3, -0.25) is 9.20 Å². The molecule has 5 heterocycles. The molecule has 0 bridgehead atoms. The maximum Gasteiger partial charge on any atom is 0.272 e. The highest BCUT2D eigenvalue weighted by molar-refractivity contribution is 5.93. The van der Waals surface area contributed by atoms with Gasteiger partial charge in [-0.1, -0.05) is 0 Å². The van der Waals surface area contributed by atoms with Gasteiger partial charge in [0.25, 0.3) is 5.91 Å². The molecule has 0 radical (unpaired) electrons. The molecule has 1 saturated heterocycles. The lowest BCUT2D eigenvalue weighted by molar-refractivity contribution is -0.00158. The Labute approximate surface area is 215 Å². The van der Waals surface area contributed by atoms with Crippen molar-refractivity contribution < 1.29 is 14.3 Å². The van der Waals surface area contributed by atoms with E-state index in [-0.39, 0.29) is 5.91 Å². The highest BCUT2D eigenvalue weighted by Crippen LogP contribution is 2.28. The molecule has 4 aromatic rings. The second-order valence-corrected chi connectivity index (χ2v) is 9.91. The van der Waals surface area contributed by atoms with Crippen LogP contribution in [0, 0.1) is 0 Å². The Hall–Kier alpha value is -3.50. The van der Waals surface area contributed by atoms with E-state index >= 15 is 0 Å². The third kappa shape index (κ3) is 4.91. The van der Waals surface area contributed by atoms with Gasteiger partial charge in [0, 0.05) is 49.8 Å². The fourth-order valence-corrected chi connectivity index (χ4v) is 5.45. The van der Waals surface area contributed by atoms with Gasteiger partial charge >= 0.3 is 0 Å². The van der Waals surface area contributed by atoms with Crippen LogP contribution in [0.5, 0.6) is 0 Å². The van der Waals surface area contributed by atoms with Gasteiger partial charge in [0.2, 0.25) is 5.95 Å². The summed E-state index contributed by atoms with van der Waals surface area (Å²) in [6, 6.07) is 6.36. The Balaban J connectivity index is 1.17. The minimum Gasteiger partial charge on any atom is -0.382 e. The lowest BCUT2D eigenvalue weighted by Crippen LogP contribution is -2.31. The summed E-state index contributed by atoms with van der Waals surface area (Å²) >= 11 is 0. The van der Waals surface area contributed by atoms with Crippen molar-refractivity contribution in [1.29, 1.82) is 0 Å². The van der Waals surface area contributed by atoms with E-state index < -0.39 is 0 Å². The van der Waals surface area contributed by atoms with Crippen LogP contribution in [0.2, 0.25) is 0 Å². The van der Waals surface area contributed by atoms with Crippen LogP contribution in [0.25, 0.3) is 22.3 Å². The van der Waals surface area contributed by atoms with Crippen molar-refractivity contribution in [3.05, 3.63) is 48.7 Å². The highest BCUT2D eigenvalue weighted by Gasteiger charge is 2.24. The molecule has 0 aromatic carbocycles.